The number of amides is 1. The first-order valence-electron chi connectivity index (χ1n) is 8.65. The first-order chi connectivity index (χ1) is 11.4. The number of likely N-dealkylation sites (tertiary alicyclic amines) is 1. The van der Waals surface area contributed by atoms with E-state index in [1.807, 2.05) is 25.9 Å². The van der Waals surface area contributed by atoms with Crippen molar-refractivity contribution in [2.45, 2.75) is 38.8 Å². The number of carbonyl (C=O) groups excluding carboxylic acids is 1. The van der Waals surface area contributed by atoms with Crippen LogP contribution in [0.25, 0.3) is 0 Å². The number of hydrogen-bond acceptors (Lipinski definition) is 5. The molecule has 2 heterocycles. The van der Waals surface area contributed by atoms with Crippen LogP contribution in [0.2, 0.25) is 0 Å². The van der Waals surface area contributed by atoms with Gasteiger partial charge in [0, 0.05) is 39.6 Å². The zero-order chi connectivity index (χ0) is 17.7. The summed E-state index contributed by atoms with van der Waals surface area (Å²) in [6, 6.07) is 0.384. The Kier molecular flexibility index (Phi) is 6.62. The van der Waals surface area contributed by atoms with E-state index in [0.717, 1.165) is 43.1 Å². The van der Waals surface area contributed by atoms with Gasteiger partial charge in [-0.2, -0.15) is 5.10 Å². The third-order valence-corrected chi connectivity index (χ3v) is 4.93. The number of aromatic nitrogens is 2. The Bertz CT molecular complexity index is 549. The van der Waals surface area contributed by atoms with E-state index in [1.54, 1.807) is 11.8 Å². The van der Waals surface area contributed by atoms with Crippen LogP contribution in [0.3, 0.4) is 0 Å². The molecule has 7 heteroatoms. The molecule has 1 aromatic rings. The SMILES string of the molecule is COc1c(CNCCC(=O)N(C)C2CCN(C)CC2)c(C)nn1C. The highest BCUT2D eigenvalue weighted by atomic mass is 16.5. The zero-order valence-electron chi connectivity index (χ0n) is 15.6. The van der Waals surface area contributed by atoms with Crippen LogP contribution in [0, 0.1) is 6.92 Å². The van der Waals surface area contributed by atoms with Gasteiger partial charge in [-0.1, -0.05) is 0 Å². The number of ether oxygens (including phenoxy) is 1. The van der Waals surface area contributed by atoms with Gasteiger partial charge in [-0.3, -0.25) is 4.79 Å². The quantitative estimate of drug-likeness (QED) is 0.745. The Morgan fingerprint density at radius 1 is 1.38 bits per heavy atom. The predicted molar refractivity (Wildman–Crippen MR) is 94.1 cm³/mol. The Labute approximate surface area is 144 Å². The van der Waals surface area contributed by atoms with Gasteiger partial charge in [0.2, 0.25) is 11.8 Å². The van der Waals surface area contributed by atoms with Crippen LogP contribution in [-0.2, 0) is 18.4 Å². The maximum Gasteiger partial charge on any atom is 0.223 e. The topological polar surface area (TPSA) is 62.6 Å². The lowest BCUT2D eigenvalue weighted by Crippen LogP contribution is -2.45. The molecule has 0 spiro atoms. The van der Waals surface area contributed by atoms with Crippen molar-refractivity contribution < 1.29 is 9.53 Å². The third kappa shape index (κ3) is 4.48. The van der Waals surface area contributed by atoms with Crippen LogP contribution in [0.1, 0.15) is 30.5 Å². The van der Waals surface area contributed by atoms with Crippen molar-refractivity contribution >= 4 is 5.91 Å². The second kappa shape index (κ2) is 8.48. The average Bonchev–Trinajstić information content (AvgIpc) is 2.84. The van der Waals surface area contributed by atoms with Crippen molar-refractivity contribution in [2.75, 3.05) is 40.8 Å². The Balaban J connectivity index is 1.75. The molecule has 1 amide bonds. The Hall–Kier alpha value is -1.60. The smallest absolute Gasteiger partial charge is 0.223 e. The van der Waals surface area contributed by atoms with Crippen LogP contribution in [0.5, 0.6) is 5.88 Å². The fraction of sp³-hybridized carbons (Fsp3) is 0.765. The molecule has 0 saturated carbocycles. The Morgan fingerprint density at radius 3 is 2.67 bits per heavy atom. The second-order valence-electron chi connectivity index (χ2n) is 6.66. The number of nitrogens with one attached hydrogen (secondary N) is 1. The zero-order valence-corrected chi connectivity index (χ0v) is 15.6. The molecule has 0 unspecified atom stereocenters. The van der Waals surface area contributed by atoms with Gasteiger partial charge in [-0.25, -0.2) is 4.68 Å². The van der Waals surface area contributed by atoms with E-state index in [1.165, 1.54) is 0 Å². The number of piperidine rings is 1. The van der Waals surface area contributed by atoms with E-state index in [2.05, 4.69) is 22.4 Å². The minimum Gasteiger partial charge on any atom is -0.481 e. The minimum atomic E-state index is 0.215. The van der Waals surface area contributed by atoms with Gasteiger partial charge in [-0.05, 0) is 39.9 Å². The lowest BCUT2D eigenvalue weighted by atomic mass is 10.0. The van der Waals surface area contributed by atoms with E-state index >= 15 is 0 Å². The number of nitrogens with zero attached hydrogens (tertiary/aromatic N) is 4. The van der Waals surface area contributed by atoms with Crippen molar-refractivity contribution in [3.63, 3.8) is 0 Å². The molecule has 0 atom stereocenters. The molecule has 1 aliphatic rings. The first kappa shape index (κ1) is 18.7. The maximum absolute atomic E-state index is 12.4. The monoisotopic (exact) mass is 337 g/mol. The van der Waals surface area contributed by atoms with Gasteiger partial charge < -0.3 is 19.9 Å². The average molecular weight is 337 g/mol. The molecule has 0 aliphatic carbocycles. The van der Waals surface area contributed by atoms with Crippen molar-refractivity contribution in [1.82, 2.24) is 24.9 Å². The van der Waals surface area contributed by atoms with E-state index in [0.29, 0.717) is 25.6 Å². The van der Waals surface area contributed by atoms with Crippen LogP contribution in [0.15, 0.2) is 0 Å². The lowest BCUT2D eigenvalue weighted by molar-refractivity contribution is -0.132. The van der Waals surface area contributed by atoms with Crippen molar-refractivity contribution in [1.29, 1.82) is 0 Å². The molecule has 1 aromatic heterocycles. The number of hydrogen-bond donors (Lipinski definition) is 1. The van der Waals surface area contributed by atoms with E-state index in [-0.39, 0.29) is 5.91 Å². The summed E-state index contributed by atoms with van der Waals surface area (Å²) in [5.74, 6) is 0.988. The van der Waals surface area contributed by atoms with Gasteiger partial charge in [-0.15, -0.1) is 0 Å². The fourth-order valence-corrected chi connectivity index (χ4v) is 3.31. The summed E-state index contributed by atoms with van der Waals surface area (Å²) in [6.45, 7) is 5.43. The molecule has 0 aromatic carbocycles. The van der Waals surface area contributed by atoms with Crippen LogP contribution >= 0.6 is 0 Å². The number of methoxy groups -OCH3 is 1. The third-order valence-electron chi connectivity index (χ3n) is 4.93. The molecule has 2 rings (SSSR count). The number of rotatable bonds is 7. The van der Waals surface area contributed by atoms with Crippen LogP contribution in [0.4, 0.5) is 0 Å². The van der Waals surface area contributed by atoms with Crippen LogP contribution < -0.4 is 10.1 Å². The van der Waals surface area contributed by atoms with Crippen LogP contribution in [-0.4, -0.2) is 72.4 Å². The van der Waals surface area contributed by atoms with Gasteiger partial charge in [0.1, 0.15) is 0 Å². The summed E-state index contributed by atoms with van der Waals surface area (Å²) in [5.41, 5.74) is 2.01. The van der Waals surface area contributed by atoms with Gasteiger partial charge in [0.15, 0.2) is 0 Å². The maximum atomic E-state index is 12.4. The standard InChI is InChI=1S/C17H31N5O2/c1-13-15(17(24-5)22(4)19-13)12-18-9-6-16(23)21(3)14-7-10-20(2)11-8-14/h14,18H,6-12H2,1-5H3. The molecular formula is C17H31N5O2. The molecule has 1 N–H and O–H groups in total. The molecule has 1 aliphatic heterocycles. The highest BCUT2D eigenvalue weighted by Gasteiger charge is 2.23. The van der Waals surface area contributed by atoms with Gasteiger partial charge in [0.25, 0.3) is 0 Å². The summed E-state index contributed by atoms with van der Waals surface area (Å²) >= 11 is 0. The summed E-state index contributed by atoms with van der Waals surface area (Å²) in [6.07, 6.45) is 2.65. The Morgan fingerprint density at radius 2 is 2.04 bits per heavy atom. The van der Waals surface area contributed by atoms with E-state index in [4.69, 9.17) is 4.74 Å². The normalized spacial score (nSPS) is 16.4. The van der Waals surface area contributed by atoms with Gasteiger partial charge in [0.05, 0.1) is 18.4 Å². The predicted octanol–water partition coefficient (Wildman–Crippen LogP) is 0.769. The molecule has 1 saturated heterocycles. The number of carbonyl (C=O) groups is 1. The fourth-order valence-electron chi connectivity index (χ4n) is 3.31. The van der Waals surface area contributed by atoms with Gasteiger partial charge >= 0.3 is 0 Å². The second-order valence-corrected chi connectivity index (χ2v) is 6.66. The molecule has 136 valence electrons. The first-order valence-corrected chi connectivity index (χ1v) is 8.65. The molecular weight excluding hydrogens is 306 g/mol. The van der Waals surface area contributed by atoms with Crippen molar-refractivity contribution in [2.24, 2.45) is 7.05 Å². The number of aryl methyl sites for hydroxylation is 2. The minimum absolute atomic E-state index is 0.215. The molecule has 0 radical (unpaired) electrons. The highest BCUT2D eigenvalue weighted by molar-refractivity contribution is 5.76. The summed E-state index contributed by atoms with van der Waals surface area (Å²) in [5, 5.41) is 7.70. The highest BCUT2D eigenvalue weighted by Crippen LogP contribution is 2.20. The van der Waals surface area contributed by atoms with Crippen molar-refractivity contribution in [3.05, 3.63) is 11.3 Å². The molecule has 1 fully saturated rings. The summed E-state index contributed by atoms with van der Waals surface area (Å²) in [4.78, 5) is 16.6. The molecule has 0 bridgehead atoms. The lowest BCUT2D eigenvalue weighted by Gasteiger charge is -2.35. The molecule has 7 nitrogen and oxygen atoms in total. The summed E-state index contributed by atoms with van der Waals surface area (Å²) < 4.78 is 7.12. The van der Waals surface area contributed by atoms with Crippen molar-refractivity contribution in [3.8, 4) is 5.88 Å². The largest absolute Gasteiger partial charge is 0.481 e. The van der Waals surface area contributed by atoms with E-state index < -0.39 is 0 Å². The summed E-state index contributed by atoms with van der Waals surface area (Å²) in [7, 11) is 7.60. The van der Waals surface area contributed by atoms with E-state index in [9.17, 15) is 4.79 Å². The molecule has 24 heavy (non-hydrogen) atoms.